The molecule has 0 atom stereocenters. The average Bonchev–Trinajstić information content (AvgIpc) is 2.57. The van der Waals surface area contributed by atoms with Crippen molar-refractivity contribution in [2.75, 3.05) is 5.32 Å². The minimum Gasteiger partial charge on any atom is -0.365 e. The van der Waals surface area contributed by atoms with Crippen LogP contribution in [0.15, 0.2) is 61.1 Å². The van der Waals surface area contributed by atoms with Gasteiger partial charge in [-0.2, -0.15) is 0 Å². The number of hydrogen-bond donors (Lipinski definition) is 1. The van der Waals surface area contributed by atoms with Crippen LogP contribution < -0.4 is 5.32 Å². The number of hydrogen-bond acceptors (Lipinski definition) is 3. The summed E-state index contributed by atoms with van der Waals surface area (Å²) < 4.78 is 0. The van der Waals surface area contributed by atoms with Gasteiger partial charge in [-0.25, -0.2) is 4.98 Å². The van der Waals surface area contributed by atoms with Crippen LogP contribution in [-0.2, 0) is 6.54 Å². The third-order valence-electron chi connectivity index (χ3n) is 3.54. The summed E-state index contributed by atoms with van der Waals surface area (Å²) in [7, 11) is 0. The van der Waals surface area contributed by atoms with Gasteiger partial charge in [0.1, 0.15) is 5.82 Å². The van der Waals surface area contributed by atoms with Gasteiger partial charge in [0, 0.05) is 25.1 Å². The van der Waals surface area contributed by atoms with Crippen molar-refractivity contribution in [1.29, 1.82) is 0 Å². The van der Waals surface area contributed by atoms with Gasteiger partial charge in [-0.1, -0.05) is 35.9 Å². The van der Waals surface area contributed by atoms with Gasteiger partial charge in [-0.3, -0.25) is 4.98 Å². The van der Waals surface area contributed by atoms with E-state index in [1.165, 1.54) is 11.1 Å². The molecule has 1 N–H and O–H groups in total. The molecule has 4 heteroatoms. The minimum atomic E-state index is 0.661. The lowest BCUT2D eigenvalue weighted by molar-refractivity contribution is 1.11. The maximum absolute atomic E-state index is 6.28. The fourth-order valence-corrected chi connectivity index (χ4v) is 2.51. The van der Waals surface area contributed by atoms with Crippen molar-refractivity contribution >= 4 is 17.4 Å². The SMILES string of the molecule is Cc1ccnc(NCc2ccccc2-c2ccncc2)c1Cl. The highest BCUT2D eigenvalue weighted by Crippen LogP contribution is 2.26. The lowest BCUT2D eigenvalue weighted by atomic mass is 10.0. The predicted octanol–water partition coefficient (Wildman–Crippen LogP) is 4.72. The second kappa shape index (κ2) is 6.58. The van der Waals surface area contributed by atoms with E-state index >= 15 is 0 Å². The monoisotopic (exact) mass is 309 g/mol. The van der Waals surface area contributed by atoms with Crippen molar-refractivity contribution in [2.24, 2.45) is 0 Å². The summed E-state index contributed by atoms with van der Waals surface area (Å²) in [6, 6.07) is 14.2. The molecule has 0 bridgehead atoms. The summed E-state index contributed by atoms with van der Waals surface area (Å²) in [5.41, 5.74) is 4.53. The van der Waals surface area contributed by atoms with Gasteiger partial charge in [0.2, 0.25) is 0 Å². The summed E-state index contributed by atoms with van der Waals surface area (Å²) in [6.45, 7) is 2.63. The molecule has 0 aliphatic heterocycles. The Bertz CT molecular complexity index is 772. The van der Waals surface area contributed by atoms with Crippen molar-refractivity contribution < 1.29 is 0 Å². The van der Waals surface area contributed by atoms with Crippen LogP contribution in [0.4, 0.5) is 5.82 Å². The van der Waals surface area contributed by atoms with Crippen LogP contribution in [-0.4, -0.2) is 9.97 Å². The molecule has 0 fully saturated rings. The van der Waals surface area contributed by atoms with E-state index in [1.54, 1.807) is 18.6 Å². The van der Waals surface area contributed by atoms with Gasteiger partial charge in [0.25, 0.3) is 0 Å². The Morgan fingerprint density at radius 2 is 1.77 bits per heavy atom. The molecule has 3 aromatic rings. The molecule has 3 nitrogen and oxygen atoms in total. The van der Waals surface area contributed by atoms with Crippen LogP contribution in [0.25, 0.3) is 11.1 Å². The molecule has 0 aliphatic carbocycles. The fourth-order valence-electron chi connectivity index (χ4n) is 2.33. The van der Waals surface area contributed by atoms with Gasteiger partial charge in [0.15, 0.2) is 0 Å². The Balaban J connectivity index is 1.86. The number of aryl methyl sites for hydroxylation is 1. The van der Waals surface area contributed by atoms with Crippen molar-refractivity contribution in [1.82, 2.24) is 9.97 Å². The zero-order valence-electron chi connectivity index (χ0n) is 12.3. The molecule has 0 saturated carbocycles. The number of aromatic nitrogens is 2. The van der Waals surface area contributed by atoms with E-state index in [4.69, 9.17) is 11.6 Å². The Labute approximate surface area is 135 Å². The number of rotatable bonds is 4. The third kappa shape index (κ3) is 3.10. The van der Waals surface area contributed by atoms with Crippen molar-refractivity contribution in [3.05, 3.63) is 77.2 Å². The zero-order chi connectivity index (χ0) is 15.4. The number of nitrogens with zero attached hydrogens (tertiary/aromatic N) is 2. The van der Waals surface area contributed by atoms with E-state index in [9.17, 15) is 0 Å². The molecule has 0 spiro atoms. The van der Waals surface area contributed by atoms with Gasteiger partial charge in [0.05, 0.1) is 5.02 Å². The first-order valence-corrected chi connectivity index (χ1v) is 7.47. The second-order valence-corrected chi connectivity index (χ2v) is 5.41. The van der Waals surface area contributed by atoms with Gasteiger partial charge < -0.3 is 5.32 Å². The number of nitrogens with one attached hydrogen (secondary N) is 1. The topological polar surface area (TPSA) is 37.8 Å². The van der Waals surface area contributed by atoms with Crippen molar-refractivity contribution in [3.8, 4) is 11.1 Å². The maximum Gasteiger partial charge on any atom is 0.145 e. The summed E-state index contributed by atoms with van der Waals surface area (Å²) in [4.78, 5) is 8.38. The highest BCUT2D eigenvalue weighted by Gasteiger charge is 2.07. The normalized spacial score (nSPS) is 10.5. The third-order valence-corrected chi connectivity index (χ3v) is 4.01. The molecule has 0 aliphatic rings. The first kappa shape index (κ1) is 14.5. The Morgan fingerprint density at radius 3 is 2.59 bits per heavy atom. The predicted molar refractivity (Wildman–Crippen MR) is 91.0 cm³/mol. The lowest BCUT2D eigenvalue weighted by Crippen LogP contribution is -2.04. The fraction of sp³-hybridized carbons (Fsp3) is 0.111. The minimum absolute atomic E-state index is 0.661. The molecule has 110 valence electrons. The van der Waals surface area contributed by atoms with Crippen LogP contribution in [0.2, 0.25) is 5.02 Å². The molecule has 2 heterocycles. The lowest BCUT2D eigenvalue weighted by Gasteiger charge is -2.12. The molecule has 0 unspecified atom stereocenters. The number of anilines is 1. The highest BCUT2D eigenvalue weighted by atomic mass is 35.5. The molecule has 1 aromatic carbocycles. The largest absolute Gasteiger partial charge is 0.365 e. The molecule has 2 aromatic heterocycles. The molecule has 0 saturated heterocycles. The Morgan fingerprint density at radius 1 is 1.00 bits per heavy atom. The van der Waals surface area contributed by atoms with Crippen LogP contribution in [0.3, 0.4) is 0 Å². The number of benzene rings is 1. The first-order valence-electron chi connectivity index (χ1n) is 7.09. The standard InChI is InChI=1S/C18H16ClN3/c1-13-6-11-21-18(17(13)19)22-12-15-4-2-3-5-16(15)14-7-9-20-10-8-14/h2-11H,12H2,1H3,(H,21,22). The van der Waals surface area contributed by atoms with E-state index in [-0.39, 0.29) is 0 Å². The summed E-state index contributed by atoms with van der Waals surface area (Å²) in [5.74, 6) is 0.714. The van der Waals surface area contributed by atoms with E-state index < -0.39 is 0 Å². The zero-order valence-corrected chi connectivity index (χ0v) is 13.0. The smallest absolute Gasteiger partial charge is 0.145 e. The van der Waals surface area contributed by atoms with E-state index in [1.807, 2.05) is 37.3 Å². The van der Waals surface area contributed by atoms with Crippen LogP contribution in [0.5, 0.6) is 0 Å². The van der Waals surface area contributed by atoms with E-state index in [2.05, 4.69) is 27.4 Å². The van der Waals surface area contributed by atoms with Crippen LogP contribution >= 0.6 is 11.6 Å². The first-order chi connectivity index (χ1) is 10.8. The quantitative estimate of drug-likeness (QED) is 0.758. The van der Waals surface area contributed by atoms with Crippen molar-refractivity contribution in [2.45, 2.75) is 13.5 Å². The molecule has 22 heavy (non-hydrogen) atoms. The van der Waals surface area contributed by atoms with E-state index in [0.29, 0.717) is 17.4 Å². The Hall–Kier alpha value is -2.39. The van der Waals surface area contributed by atoms with E-state index in [0.717, 1.165) is 11.1 Å². The molecule has 0 radical (unpaired) electrons. The van der Waals surface area contributed by atoms with Crippen molar-refractivity contribution in [3.63, 3.8) is 0 Å². The van der Waals surface area contributed by atoms with Gasteiger partial charge in [-0.05, 0) is 47.4 Å². The second-order valence-electron chi connectivity index (χ2n) is 5.04. The highest BCUT2D eigenvalue weighted by molar-refractivity contribution is 6.33. The maximum atomic E-state index is 6.28. The van der Waals surface area contributed by atoms with Crippen LogP contribution in [0.1, 0.15) is 11.1 Å². The molecule has 3 rings (SSSR count). The molecular formula is C18H16ClN3. The molecule has 0 amide bonds. The molecular weight excluding hydrogens is 294 g/mol. The van der Waals surface area contributed by atoms with Gasteiger partial charge in [-0.15, -0.1) is 0 Å². The average molecular weight is 310 g/mol. The Kier molecular flexibility index (Phi) is 4.35. The number of halogens is 1. The summed E-state index contributed by atoms with van der Waals surface area (Å²) in [6.07, 6.45) is 5.37. The number of pyridine rings is 2. The van der Waals surface area contributed by atoms with Crippen LogP contribution in [0, 0.1) is 6.92 Å². The van der Waals surface area contributed by atoms with Gasteiger partial charge >= 0.3 is 0 Å². The summed E-state index contributed by atoms with van der Waals surface area (Å²) >= 11 is 6.28. The summed E-state index contributed by atoms with van der Waals surface area (Å²) in [5, 5.41) is 3.99.